The molecule has 4 aliphatic heterocycles. The van der Waals surface area contributed by atoms with Gasteiger partial charge < -0.3 is 25.3 Å². The summed E-state index contributed by atoms with van der Waals surface area (Å²) < 4.78 is 3.11. The molecule has 9 rings (SSSR count). The average Bonchev–Trinajstić information content (AvgIpc) is 3.60. The highest BCUT2D eigenvalue weighted by Gasteiger charge is 2.32. The Hall–Kier alpha value is -6.23. The van der Waals surface area contributed by atoms with E-state index in [0.717, 1.165) is 141 Å². The van der Waals surface area contributed by atoms with Crippen LogP contribution in [0.3, 0.4) is 0 Å². The molecule has 4 amide bonds. The van der Waals surface area contributed by atoms with Crippen molar-refractivity contribution in [2.45, 2.75) is 109 Å². The number of nitrogens with zero attached hydrogens (tertiary/aromatic N) is 5. The monoisotopic (exact) mass is 933 g/mol. The predicted octanol–water partition coefficient (Wildman–Crippen LogP) is 7.42. The van der Waals surface area contributed by atoms with Crippen molar-refractivity contribution in [3.8, 4) is 11.8 Å². The van der Waals surface area contributed by atoms with Crippen molar-refractivity contribution in [3.63, 3.8) is 0 Å². The summed E-state index contributed by atoms with van der Waals surface area (Å²) in [6.07, 6.45) is 8.93. The van der Waals surface area contributed by atoms with Crippen molar-refractivity contribution >= 4 is 51.1 Å². The SMILES string of the molecule is Cc1ccc(NC2CCN(C)CC2)cc1C(=O)N[C@H](C)c1ccc(C#CC2CCN(CCCCC(=O)N3CCC(c4ccc5c(c4)n(C)c(=O)n5C4CCC(=O)NC4=O)CC3)CC2)c2ccccc12. The van der Waals surface area contributed by atoms with E-state index in [1.165, 1.54) is 4.57 Å². The van der Waals surface area contributed by atoms with Crippen molar-refractivity contribution < 1.29 is 19.2 Å². The molecule has 5 aromatic rings. The fourth-order valence-corrected chi connectivity index (χ4v) is 11.1. The van der Waals surface area contributed by atoms with Gasteiger partial charge in [-0.1, -0.05) is 54.3 Å². The van der Waals surface area contributed by atoms with Crippen molar-refractivity contribution in [2.75, 3.05) is 58.2 Å². The minimum Gasteiger partial charge on any atom is -0.382 e. The maximum atomic E-state index is 13.7. The number of benzene rings is 4. The lowest BCUT2D eigenvalue weighted by atomic mass is 9.89. The molecular weight excluding hydrogens is 865 g/mol. The first-order valence-electron chi connectivity index (χ1n) is 25.3. The molecule has 0 bridgehead atoms. The zero-order valence-electron chi connectivity index (χ0n) is 40.8. The summed E-state index contributed by atoms with van der Waals surface area (Å²) in [5, 5.41) is 11.5. The predicted molar refractivity (Wildman–Crippen MR) is 272 cm³/mol. The zero-order valence-corrected chi connectivity index (χ0v) is 40.8. The Bertz CT molecular complexity index is 2850. The highest BCUT2D eigenvalue weighted by molar-refractivity contribution is 6.00. The van der Waals surface area contributed by atoms with Crippen LogP contribution in [-0.2, 0) is 21.4 Å². The number of likely N-dealkylation sites (tertiary alicyclic amines) is 3. The van der Waals surface area contributed by atoms with Crippen LogP contribution >= 0.6 is 0 Å². The Balaban J connectivity index is 0.712. The first-order valence-corrected chi connectivity index (χ1v) is 25.3. The number of carbonyl (C=O) groups is 4. The minimum absolute atomic E-state index is 0.0696. The van der Waals surface area contributed by atoms with Crippen LogP contribution in [0.25, 0.3) is 21.8 Å². The van der Waals surface area contributed by atoms with Crippen LogP contribution in [0.5, 0.6) is 0 Å². The van der Waals surface area contributed by atoms with E-state index in [9.17, 15) is 24.0 Å². The van der Waals surface area contributed by atoms with E-state index >= 15 is 0 Å². The first-order chi connectivity index (χ1) is 33.4. The van der Waals surface area contributed by atoms with Crippen LogP contribution in [0.4, 0.5) is 5.69 Å². The second-order valence-electron chi connectivity index (χ2n) is 20.1. The number of nitrogens with one attached hydrogen (secondary N) is 3. The van der Waals surface area contributed by atoms with Crippen LogP contribution in [0, 0.1) is 24.7 Å². The minimum atomic E-state index is -0.703. The lowest BCUT2D eigenvalue weighted by molar-refractivity contribution is -0.136. The number of amides is 4. The molecule has 0 spiro atoms. The molecule has 13 heteroatoms. The van der Waals surface area contributed by atoms with Crippen LogP contribution < -0.4 is 21.6 Å². The van der Waals surface area contributed by atoms with Gasteiger partial charge in [0, 0.05) is 61.8 Å². The fraction of sp³-hybridized carbons (Fsp3) is 0.482. The zero-order chi connectivity index (χ0) is 48.2. The van der Waals surface area contributed by atoms with E-state index in [2.05, 4.69) is 100 Å². The van der Waals surface area contributed by atoms with Gasteiger partial charge in [-0.2, -0.15) is 0 Å². The highest BCUT2D eigenvalue weighted by atomic mass is 16.2. The summed E-state index contributed by atoms with van der Waals surface area (Å²) in [5.74, 6) is 7.20. The number of imidazole rings is 1. The van der Waals surface area contributed by atoms with Crippen LogP contribution in [-0.4, -0.2) is 106 Å². The molecule has 4 aliphatic rings. The lowest BCUT2D eigenvalue weighted by Gasteiger charge is -2.32. The highest BCUT2D eigenvalue weighted by Crippen LogP contribution is 2.33. The fourth-order valence-electron chi connectivity index (χ4n) is 11.1. The smallest absolute Gasteiger partial charge is 0.329 e. The molecule has 69 heavy (non-hydrogen) atoms. The van der Waals surface area contributed by atoms with Gasteiger partial charge in [-0.3, -0.25) is 33.6 Å². The Morgan fingerprint density at radius 2 is 1.55 bits per heavy atom. The molecule has 2 atom stereocenters. The number of aromatic nitrogens is 2. The molecule has 362 valence electrons. The van der Waals surface area contributed by atoms with Gasteiger partial charge in [0.05, 0.1) is 17.1 Å². The molecule has 0 aliphatic carbocycles. The molecule has 1 unspecified atom stereocenters. The summed E-state index contributed by atoms with van der Waals surface area (Å²) in [5.41, 5.74) is 7.08. The van der Waals surface area contributed by atoms with Gasteiger partial charge in [0.2, 0.25) is 17.7 Å². The molecule has 5 heterocycles. The van der Waals surface area contributed by atoms with Crippen LogP contribution in [0.15, 0.2) is 77.6 Å². The first kappa shape index (κ1) is 47.8. The Kier molecular flexibility index (Phi) is 14.7. The van der Waals surface area contributed by atoms with Gasteiger partial charge in [0.15, 0.2) is 0 Å². The third-order valence-electron chi connectivity index (χ3n) is 15.4. The summed E-state index contributed by atoms with van der Waals surface area (Å²) in [7, 11) is 3.89. The van der Waals surface area contributed by atoms with Gasteiger partial charge >= 0.3 is 5.69 Å². The molecule has 4 fully saturated rings. The second-order valence-corrected chi connectivity index (χ2v) is 20.1. The number of carbonyl (C=O) groups excluding carboxylic acids is 4. The lowest BCUT2D eigenvalue weighted by Crippen LogP contribution is -2.44. The molecule has 3 N–H and O–H groups in total. The molecule has 1 aromatic heterocycles. The topological polar surface area (TPSA) is 141 Å². The van der Waals surface area contributed by atoms with Gasteiger partial charge in [0.1, 0.15) is 6.04 Å². The van der Waals surface area contributed by atoms with E-state index in [4.69, 9.17) is 0 Å². The van der Waals surface area contributed by atoms with E-state index in [-0.39, 0.29) is 41.8 Å². The quantitative estimate of drug-likeness (QED) is 0.0668. The van der Waals surface area contributed by atoms with E-state index < -0.39 is 11.9 Å². The summed E-state index contributed by atoms with van der Waals surface area (Å²) in [6, 6.07) is 24.3. The number of unbranched alkanes of at least 4 members (excludes halogenated alkanes) is 1. The third-order valence-corrected chi connectivity index (χ3v) is 15.4. The van der Waals surface area contributed by atoms with Gasteiger partial charge in [0.25, 0.3) is 5.91 Å². The third kappa shape index (κ3) is 10.8. The Labute approximate surface area is 406 Å². The number of hydrogen-bond acceptors (Lipinski definition) is 8. The number of piperidine rings is 4. The normalized spacial score (nSPS) is 19.6. The van der Waals surface area contributed by atoms with Gasteiger partial charge in [-0.05, 0) is 175 Å². The van der Waals surface area contributed by atoms with Gasteiger partial charge in [-0.15, -0.1) is 0 Å². The molecule has 0 radical (unpaired) electrons. The maximum Gasteiger partial charge on any atom is 0.329 e. The van der Waals surface area contributed by atoms with Crippen molar-refractivity contribution in [1.82, 2.24) is 34.5 Å². The second kappa shape index (κ2) is 21.2. The number of rotatable bonds is 12. The van der Waals surface area contributed by atoms with E-state index in [1.54, 1.807) is 11.6 Å². The van der Waals surface area contributed by atoms with Crippen LogP contribution in [0.2, 0.25) is 0 Å². The van der Waals surface area contributed by atoms with Crippen molar-refractivity contribution in [1.29, 1.82) is 0 Å². The van der Waals surface area contributed by atoms with Gasteiger partial charge in [-0.25, -0.2) is 4.79 Å². The number of imide groups is 1. The number of hydrogen-bond donors (Lipinski definition) is 3. The van der Waals surface area contributed by atoms with Crippen molar-refractivity contribution in [2.24, 2.45) is 13.0 Å². The number of fused-ring (bicyclic) bond motifs is 2. The molecular formula is C56H68N8O5. The number of anilines is 1. The summed E-state index contributed by atoms with van der Waals surface area (Å²) in [6.45, 7) is 10.7. The summed E-state index contributed by atoms with van der Waals surface area (Å²) in [4.78, 5) is 71.5. The molecule has 4 aromatic carbocycles. The molecule has 4 saturated heterocycles. The number of aryl methyl sites for hydroxylation is 2. The van der Waals surface area contributed by atoms with Crippen molar-refractivity contribution in [3.05, 3.63) is 111 Å². The Morgan fingerprint density at radius 3 is 2.30 bits per heavy atom. The molecule has 13 nitrogen and oxygen atoms in total. The summed E-state index contributed by atoms with van der Waals surface area (Å²) >= 11 is 0. The van der Waals surface area contributed by atoms with Crippen LogP contribution in [0.1, 0.15) is 128 Å². The standard InChI is InChI=1S/C56H68N8O5/c1-37-12-17-44(58-43-26-29-60(3)30-27-43)36-48(37)54(67)57-38(2)45-18-15-41(46-9-5-6-10-47(45)46)14-13-39-22-31-62(32-23-39)28-8-7-11-53(66)63-33-24-40(25-34-63)42-16-19-49-51(35-42)61(4)56(69)64(49)50-20-21-52(65)59-55(50)68/h5-6,9-10,12,15-19,35-36,38-40,43,50,58H,7-8,11,20-34H2,1-4H3,(H,57,67)(H,59,65,68)/t38-,50?/m1/s1. The molecule has 0 saturated carbocycles. The van der Waals surface area contributed by atoms with E-state index in [1.807, 2.05) is 36.1 Å². The largest absolute Gasteiger partial charge is 0.382 e. The maximum absolute atomic E-state index is 13.7. The average molecular weight is 933 g/mol. The van der Waals surface area contributed by atoms with E-state index in [0.29, 0.717) is 35.9 Å². The Morgan fingerprint density at radius 1 is 0.797 bits per heavy atom.